The highest BCUT2D eigenvalue weighted by Gasteiger charge is 2.32. The van der Waals surface area contributed by atoms with Gasteiger partial charge in [-0.05, 0) is 67.6 Å². The fraction of sp³-hybridized carbons (Fsp3) is 0.538. The molecule has 0 spiro atoms. The number of anilines is 1. The fourth-order valence-corrected chi connectivity index (χ4v) is 4.07. The first-order valence-electron chi connectivity index (χ1n) is 11.7. The van der Waals surface area contributed by atoms with Gasteiger partial charge in [0.1, 0.15) is 11.6 Å². The monoisotopic (exact) mass is 516 g/mol. The smallest absolute Gasteiger partial charge is 0.123 e. The van der Waals surface area contributed by atoms with E-state index < -0.39 is 11.7 Å². The van der Waals surface area contributed by atoms with E-state index in [-0.39, 0.29) is 30.6 Å². The van der Waals surface area contributed by atoms with Crippen LogP contribution in [0.5, 0.6) is 5.75 Å². The summed E-state index contributed by atoms with van der Waals surface area (Å²) in [6, 6.07) is 14.1. The second-order valence-electron chi connectivity index (χ2n) is 8.96. The van der Waals surface area contributed by atoms with Crippen molar-refractivity contribution in [2.45, 2.75) is 50.7 Å². The van der Waals surface area contributed by atoms with E-state index in [1.54, 1.807) is 12.1 Å². The summed E-state index contributed by atoms with van der Waals surface area (Å²) < 4.78 is 18.8. The molecule has 0 aromatic heterocycles. The number of benzene rings is 2. The van der Waals surface area contributed by atoms with Gasteiger partial charge in [0, 0.05) is 38.9 Å². The predicted octanol–water partition coefficient (Wildman–Crippen LogP) is 5.24. The number of nitrogens with zero attached hydrogens (tertiary/aromatic N) is 2. The summed E-state index contributed by atoms with van der Waals surface area (Å²) in [7, 11) is 2.05. The molecule has 0 saturated carbocycles. The van der Waals surface area contributed by atoms with Gasteiger partial charge in [0.25, 0.3) is 0 Å². The molecular weight excluding hydrogens is 478 g/mol. The van der Waals surface area contributed by atoms with Crippen molar-refractivity contribution in [3.8, 4) is 5.75 Å². The number of rotatable bonds is 11. The Balaban J connectivity index is 0.00000289. The molecule has 1 saturated heterocycles. The quantitative estimate of drug-likeness (QED) is 0.400. The molecule has 1 aliphatic rings. The summed E-state index contributed by atoms with van der Waals surface area (Å²) >= 11 is 0. The number of halogens is 3. The Kier molecular flexibility index (Phi) is 13.2. The second kappa shape index (κ2) is 14.7. The summed E-state index contributed by atoms with van der Waals surface area (Å²) in [6.45, 7) is 5.64. The Morgan fingerprint density at radius 1 is 1.06 bits per heavy atom. The van der Waals surface area contributed by atoms with E-state index in [0.29, 0.717) is 25.8 Å². The van der Waals surface area contributed by atoms with Gasteiger partial charge < -0.3 is 24.7 Å². The Morgan fingerprint density at radius 3 is 2.26 bits per heavy atom. The van der Waals surface area contributed by atoms with Crippen LogP contribution in [0.25, 0.3) is 0 Å². The van der Waals surface area contributed by atoms with Gasteiger partial charge >= 0.3 is 0 Å². The molecule has 1 fully saturated rings. The van der Waals surface area contributed by atoms with Crippen LogP contribution in [0.4, 0.5) is 10.1 Å². The van der Waals surface area contributed by atoms with E-state index in [1.807, 2.05) is 19.2 Å². The minimum atomic E-state index is -0.686. The molecule has 2 aromatic rings. The third-order valence-electron chi connectivity index (χ3n) is 6.43. The molecule has 2 N–H and O–H groups in total. The number of unbranched alkanes of at least 4 members (excludes halogenated alkanes) is 1. The molecule has 1 heterocycles. The van der Waals surface area contributed by atoms with Crippen LogP contribution in [-0.2, 0) is 0 Å². The molecule has 0 amide bonds. The van der Waals surface area contributed by atoms with Crippen molar-refractivity contribution in [3.05, 3.63) is 59.9 Å². The molecule has 1 unspecified atom stereocenters. The van der Waals surface area contributed by atoms with E-state index >= 15 is 0 Å². The van der Waals surface area contributed by atoms with Gasteiger partial charge in [-0.3, -0.25) is 0 Å². The SMILES string of the molecule is CCCCOc1ccc(N(C)CCC2(O)CCN(CC(O)c3ccc(F)cc3)CC2)cc1.Cl.Cl. The first kappa shape index (κ1) is 30.5. The maximum Gasteiger partial charge on any atom is 0.123 e. The Labute approximate surface area is 215 Å². The van der Waals surface area contributed by atoms with Crippen LogP contribution in [0.2, 0.25) is 0 Å². The van der Waals surface area contributed by atoms with Crippen LogP contribution in [0.1, 0.15) is 50.7 Å². The number of hydrogen-bond donors (Lipinski definition) is 2. The number of β-amino-alcohol motifs (C(OH)–C–C–N with tert-alkyl or cyclic N) is 1. The maximum absolute atomic E-state index is 13.1. The van der Waals surface area contributed by atoms with Gasteiger partial charge in [-0.15, -0.1) is 24.8 Å². The van der Waals surface area contributed by atoms with Gasteiger partial charge in [-0.2, -0.15) is 0 Å². The number of ether oxygens (including phenoxy) is 1. The predicted molar refractivity (Wildman–Crippen MR) is 141 cm³/mol. The van der Waals surface area contributed by atoms with E-state index in [2.05, 4.69) is 28.9 Å². The molecule has 0 aliphatic carbocycles. The molecular formula is C26H39Cl2FN2O3. The van der Waals surface area contributed by atoms with E-state index in [9.17, 15) is 14.6 Å². The third kappa shape index (κ3) is 9.23. The molecule has 5 nitrogen and oxygen atoms in total. The molecule has 8 heteroatoms. The standard InChI is InChI=1S/C26H37FN2O3.2ClH/c1-3-4-19-32-24-11-9-23(10-12-24)28(2)16-13-26(31)14-17-29(18-15-26)20-25(30)21-5-7-22(27)8-6-21;;/h5-12,25,30-31H,3-4,13-20H2,1-2H3;2*1H. The normalized spacial score (nSPS) is 16.1. The fourth-order valence-electron chi connectivity index (χ4n) is 4.07. The van der Waals surface area contributed by atoms with Crippen molar-refractivity contribution in [1.82, 2.24) is 4.90 Å². The summed E-state index contributed by atoms with van der Waals surface area (Å²) in [5.74, 6) is 0.592. The van der Waals surface area contributed by atoms with Gasteiger partial charge in [-0.1, -0.05) is 25.5 Å². The molecule has 1 atom stereocenters. The average Bonchev–Trinajstić information content (AvgIpc) is 2.80. The molecule has 2 aromatic carbocycles. The number of piperidine rings is 1. The highest BCUT2D eigenvalue weighted by Crippen LogP contribution is 2.28. The number of aliphatic hydroxyl groups is 2. The van der Waals surface area contributed by atoms with Crippen molar-refractivity contribution in [2.24, 2.45) is 0 Å². The van der Waals surface area contributed by atoms with Gasteiger partial charge in [-0.25, -0.2) is 4.39 Å². The molecule has 3 rings (SSSR count). The lowest BCUT2D eigenvalue weighted by atomic mass is 9.87. The van der Waals surface area contributed by atoms with Gasteiger partial charge in [0.05, 0.1) is 18.3 Å². The molecule has 1 aliphatic heterocycles. The van der Waals surface area contributed by atoms with Crippen molar-refractivity contribution in [3.63, 3.8) is 0 Å². The lowest BCUT2D eigenvalue weighted by Crippen LogP contribution is -2.46. The van der Waals surface area contributed by atoms with Crippen LogP contribution in [0.15, 0.2) is 48.5 Å². The highest BCUT2D eigenvalue weighted by molar-refractivity contribution is 5.85. The summed E-state index contributed by atoms with van der Waals surface area (Å²) in [5.41, 5.74) is 1.14. The second-order valence-corrected chi connectivity index (χ2v) is 8.96. The lowest BCUT2D eigenvalue weighted by molar-refractivity contribution is -0.0340. The molecule has 0 bridgehead atoms. The van der Waals surface area contributed by atoms with E-state index in [0.717, 1.165) is 56.1 Å². The summed E-state index contributed by atoms with van der Waals surface area (Å²) in [5, 5.41) is 21.5. The van der Waals surface area contributed by atoms with Crippen LogP contribution in [0.3, 0.4) is 0 Å². The minimum absolute atomic E-state index is 0. The third-order valence-corrected chi connectivity index (χ3v) is 6.43. The lowest BCUT2D eigenvalue weighted by Gasteiger charge is -2.39. The number of hydrogen-bond acceptors (Lipinski definition) is 5. The Morgan fingerprint density at radius 2 is 1.68 bits per heavy atom. The summed E-state index contributed by atoms with van der Waals surface area (Å²) in [4.78, 5) is 4.34. The van der Waals surface area contributed by atoms with Crippen LogP contribution < -0.4 is 9.64 Å². The highest BCUT2D eigenvalue weighted by atomic mass is 35.5. The number of likely N-dealkylation sites (tertiary alicyclic amines) is 1. The maximum atomic E-state index is 13.1. The van der Waals surface area contributed by atoms with Crippen molar-refractivity contribution >= 4 is 30.5 Å². The topological polar surface area (TPSA) is 56.2 Å². The Hall–Kier alpha value is -1.57. The van der Waals surface area contributed by atoms with Crippen LogP contribution in [-0.4, -0.2) is 60.5 Å². The largest absolute Gasteiger partial charge is 0.494 e. The first-order valence-corrected chi connectivity index (χ1v) is 11.7. The van der Waals surface area contributed by atoms with E-state index in [1.165, 1.54) is 12.1 Å². The average molecular weight is 518 g/mol. The van der Waals surface area contributed by atoms with Crippen molar-refractivity contribution in [1.29, 1.82) is 0 Å². The van der Waals surface area contributed by atoms with E-state index in [4.69, 9.17) is 4.74 Å². The van der Waals surface area contributed by atoms with Gasteiger partial charge in [0.15, 0.2) is 0 Å². The number of aliphatic hydroxyl groups excluding tert-OH is 1. The molecule has 192 valence electrons. The zero-order valence-corrected chi connectivity index (χ0v) is 21.8. The molecule has 34 heavy (non-hydrogen) atoms. The van der Waals surface area contributed by atoms with Crippen LogP contribution in [0, 0.1) is 5.82 Å². The van der Waals surface area contributed by atoms with Crippen molar-refractivity contribution in [2.75, 3.05) is 44.7 Å². The minimum Gasteiger partial charge on any atom is -0.494 e. The van der Waals surface area contributed by atoms with Crippen molar-refractivity contribution < 1.29 is 19.3 Å². The zero-order valence-electron chi connectivity index (χ0n) is 20.2. The Bertz CT molecular complexity index is 816. The zero-order chi connectivity index (χ0) is 23.0. The summed E-state index contributed by atoms with van der Waals surface area (Å²) in [6.07, 6.45) is 3.59. The molecule has 0 radical (unpaired) electrons. The van der Waals surface area contributed by atoms with Crippen LogP contribution >= 0.6 is 24.8 Å². The first-order chi connectivity index (χ1) is 15.4. The van der Waals surface area contributed by atoms with Gasteiger partial charge in [0.2, 0.25) is 0 Å².